The fourth-order valence-corrected chi connectivity index (χ4v) is 18.5. The number of ether oxygens (including phenoxy) is 2. The van der Waals surface area contributed by atoms with Crippen molar-refractivity contribution in [1.29, 1.82) is 0 Å². The number of rotatable bonds is 12. The van der Waals surface area contributed by atoms with E-state index in [1.54, 1.807) is 7.11 Å². The van der Waals surface area contributed by atoms with E-state index in [9.17, 15) is 20.1 Å². The van der Waals surface area contributed by atoms with Gasteiger partial charge in [0.15, 0.2) is 5.79 Å². The highest BCUT2D eigenvalue weighted by molar-refractivity contribution is 5.74. The number of aliphatic carboxylic acids is 1. The van der Waals surface area contributed by atoms with Gasteiger partial charge in [0.05, 0.1) is 18.1 Å². The fraction of sp³-hybridized carbons (Fsp3) is 0.836. The monoisotopic (exact) mass is 839 g/mol. The summed E-state index contributed by atoms with van der Waals surface area (Å²) in [5, 5.41) is 36.3. The predicted molar refractivity (Wildman–Crippen MR) is 241 cm³/mol. The summed E-state index contributed by atoms with van der Waals surface area (Å²) >= 11 is 0. The van der Waals surface area contributed by atoms with Gasteiger partial charge < -0.3 is 24.8 Å². The minimum atomic E-state index is -1.20. The Kier molecular flexibility index (Phi) is 11.3. The summed E-state index contributed by atoms with van der Waals surface area (Å²) in [6.45, 7) is 12.9. The van der Waals surface area contributed by atoms with Crippen molar-refractivity contribution in [2.75, 3.05) is 20.3 Å². The van der Waals surface area contributed by atoms with E-state index in [4.69, 9.17) is 9.47 Å². The Labute approximate surface area is 369 Å². The quantitative estimate of drug-likeness (QED) is 0.181. The van der Waals surface area contributed by atoms with E-state index in [-0.39, 0.29) is 45.7 Å². The highest BCUT2D eigenvalue weighted by atomic mass is 16.6. The summed E-state index contributed by atoms with van der Waals surface area (Å²) in [5.41, 5.74) is 0.138. The van der Waals surface area contributed by atoms with Crippen LogP contribution in [0.15, 0.2) is 24.3 Å². The molecule has 8 aliphatic rings. The van der Waals surface area contributed by atoms with Crippen LogP contribution in [-0.4, -0.2) is 53.5 Å². The maximum absolute atomic E-state index is 13.2. The molecule has 1 heterocycles. The molecule has 1 aromatic rings. The van der Waals surface area contributed by atoms with Crippen molar-refractivity contribution in [2.24, 2.45) is 67.0 Å². The number of carboxylic acids is 1. The molecule has 1 aromatic carbocycles. The number of aliphatic hydroxyl groups excluding tert-OH is 1. The van der Waals surface area contributed by atoms with Crippen molar-refractivity contribution in [2.45, 2.75) is 201 Å². The second-order valence-electron chi connectivity index (χ2n) is 24.0. The zero-order chi connectivity index (χ0) is 43.2. The number of aliphatic hydroxyl groups is 2. The Morgan fingerprint density at radius 2 is 1.52 bits per heavy atom. The second kappa shape index (κ2) is 15.6. The molecule has 6 saturated carbocycles. The molecule has 338 valence electrons. The average molecular weight is 839 g/mol. The number of hydrogen-bond donors (Lipinski definition) is 3. The van der Waals surface area contributed by atoms with E-state index in [0.29, 0.717) is 24.9 Å². The molecule has 0 amide bonds. The molecule has 4 bridgehead atoms. The molecular formula is C55H82O6. The van der Waals surface area contributed by atoms with Crippen LogP contribution in [0.25, 0.3) is 0 Å². The molecule has 6 nitrogen and oxygen atoms in total. The lowest BCUT2D eigenvalue weighted by Crippen LogP contribution is -2.78. The van der Waals surface area contributed by atoms with Crippen molar-refractivity contribution >= 4 is 5.97 Å². The third-order valence-corrected chi connectivity index (χ3v) is 22.1. The number of carboxylic acid groups (broad SMARTS) is 1. The molecule has 7 aliphatic carbocycles. The van der Waals surface area contributed by atoms with Crippen molar-refractivity contribution < 1.29 is 29.6 Å². The highest BCUT2D eigenvalue weighted by Gasteiger charge is 2.85. The van der Waals surface area contributed by atoms with E-state index in [1.165, 1.54) is 56.1 Å². The van der Waals surface area contributed by atoms with Crippen LogP contribution >= 0.6 is 0 Å². The fourth-order valence-electron chi connectivity index (χ4n) is 18.5. The molecule has 2 spiro atoms. The summed E-state index contributed by atoms with van der Waals surface area (Å²) < 4.78 is 12.6. The zero-order valence-corrected chi connectivity index (χ0v) is 39.1. The SMILES string of the molecule is CCCC1C2(O)CCC3(CO)C1(CCC14C#CCC(CCC5CCCC5)CCC5(CCC13C)C1CC(C)(C(=O)O)CCC1(C)CCC54C)C(Cc1ccc(CCOC)cc1)O2. The van der Waals surface area contributed by atoms with Crippen LogP contribution in [0.1, 0.15) is 187 Å². The normalized spacial score (nSPS) is 47.7. The predicted octanol–water partition coefficient (Wildman–Crippen LogP) is 11.7. The number of benzene rings is 1. The molecule has 7 fully saturated rings. The average Bonchev–Trinajstić information content (AvgIpc) is 3.82. The van der Waals surface area contributed by atoms with Crippen LogP contribution in [0.2, 0.25) is 0 Å². The third-order valence-electron chi connectivity index (χ3n) is 22.1. The molecule has 0 radical (unpaired) electrons. The van der Waals surface area contributed by atoms with Crippen molar-refractivity contribution in [3.8, 4) is 11.8 Å². The first-order valence-corrected chi connectivity index (χ1v) is 25.4. The summed E-state index contributed by atoms with van der Waals surface area (Å²) in [4.78, 5) is 13.2. The van der Waals surface area contributed by atoms with Gasteiger partial charge in [0, 0.05) is 48.7 Å². The zero-order valence-electron chi connectivity index (χ0n) is 39.1. The van der Waals surface area contributed by atoms with Gasteiger partial charge in [0.25, 0.3) is 0 Å². The standard InChI is InChI=1S/C55H82O6/c1-7-11-43-54-33-31-52-23-10-14-40(16-15-39-12-8-9-13-39)21-24-51(44-37-48(3,46(57)58)26-25-47(44,2)27-28-49(51,52)4)30-29-50(52,5)53(54,38-56)32-34-55(43,59)61-45(54)36-42-19-17-41(18-20-42)22-35-60-6/h17-20,39-40,43-45,56,59H,7-9,11-16,21-22,24-38H2,1-6H3,(H,57,58). The summed E-state index contributed by atoms with van der Waals surface area (Å²) in [5.74, 6) is 8.36. The lowest BCUT2D eigenvalue weighted by Gasteiger charge is -2.81. The first kappa shape index (κ1) is 44.3. The molecule has 9 rings (SSSR count). The first-order valence-electron chi connectivity index (χ1n) is 25.4. The Balaban J connectivity index is 1.19. The lowest BCUT2D eigenvalue weighted by molar-refractivity contribution is -0.336. The summed E-state index contributed by atoms with van der Waals surface area (Å²) in [6.07, 6.45) is 24.7. The molecule has 3 N–H and O–H groups in total. The molecule has 13 atom stereocenters. The van der Waals surface area contributed by atoms with Gasteiger partial charge in [-0.05, 0) is 160 Å². The smallest absolute Gasteiger partial charge is 0.309 e. The van der Waals surface area contributed by atoms with E-state index in [0.717, 1.165) is 109 Å². The van der Waals surface area contributed by atoms with Crippen LogP contribution in [0, 0.1) is 78.8 Å². The molecular weight excluding hydrogens is 757 g/mol. The van der Waals surface area contributed by atoms with Crippen molar-refractivity contribution in [3.05, 3.63) is 35.4 Å². The van der Waals surface area contributed by atoms with Gasteiger partial charge >= 0.3 is 5.97 Å². The van der Waals surface area contributed by atoms with Gasteiger partial charge in [-0.15, -0.1) is 5.92 Å². The molecule has 13 unspecified atom stereocenters. The largest absolute Gasteiger partial charge is 0.481 e. The Morgan fingerprint density at radius 3 is 2.23 bits per heavy atom. The number of hydrogen-bond acceptors (Lipinski definition) is 5. The van der Waals surface area contributed by atoms with Crippen LogP contribution in [-0.2, 0) is 27.1 Å². The van der Waals surface area contributed by atoms with Gasteiger partial charge in [-0.2, -0.15) is 0 Å². The summed E-state index contributed by atoms with van der Waals surface area (Å²) in [6, 6.07) is 8.98. The van der Waals surface area contributed by atoms with Gasteiger partial charge in [-0.25, -0.2) is 0 Å². The number of fused-ring (bicyclic) bond motifs is 3. The maximum Gasteiger partial charge on any atom is 0.309 e. The van der Waals surface area contributed by atoms with Gasteiger partial charge in [0.1, 0.15) is 0 Å². The topological polar surface area (TPSA) is 96.2 Å². The van der Waals surface area contributed by atoms with Crippen molar-refractivity contribution in [3.63, 3.8) is 0 Å². The van der Waals surface area contributed by atoms with E-state index in [2.05, 4.69) is 70.7 Å². The molecule has 1 aliphatic heterocycles. The Hall–Kier alpha value is -1.91. The maximum atomic E-state index is 13.2. The van der Waals surface area contributed by atoms with Crippen LogP contribution in [0.3, 0.4) is 0 Å². The third kappa shape index (κ3) is 6.10. The first-order chi connectivity index (χ1) is 29.1. The molecule has 0 aromatic heterocycles. The Morgan fingerprint density at radius 1 is 0.820 bits per heavy atom. The minimum Gasteiger partial charge on any atom is -0.481 e. The second-order valence-corrected chi connectivity index (χ2v) is 24.0. The van der Waals surface area contributed by atoms with Gasteiger partial charge in [-0.3, -0.25) is 4.79 Å². The summed E-state index contributed by atoms with van der Waals surface area (Å²) in [7, 11) is 1.75. The van der Waals surface area contributed by atoms with Gasteiger partial charge in [0.2, 0.25) is 0 Å². The van der Waals surface area contributed by atoms with Crippen molar-refractivity contribution in [1.82, 2.24) is 0 Å². The minimum absolute atomic E-state index is 0.0310. The lowest BCUT2D eigenvalue weighted by atomic mass is 9.22. The van der Waals surface area contributed by atoms with E-state index >= 15 is 0 Å². The highest BCUT2D eigenvalue weighted by Crippen LogP contribution is 2.88. The van der Waals surface area contributed by atoms with E-state index < -0.39 is 28.0 Å². The number of methoxy groups -OCH3 is 1. The van der Waals surface area contributed by atoms with E-state index in [1.807, 2.05) is 0 Å². The van der Waals surface area contributed by atoms with Crippen LogP contribution in [0.5, 0.6) is 0 Å². The Bertz CT molecular complexity index is 1860. The van der Waals surface area contributed by atoms with Crippen LogP contribution in [0.4, 0.5) is 0 Å². The molecule has 6 heteroatoms. The van der Waals surface area contributed by atoms with Gasteiger partial charge in [-0.1, -0.05) is 96.4 Å². The van der Waals surface area contributed by atoms with Crippen LogP contribution < -0.4 is 0 Å². The molecule has 61 heavy (non-hydrogen) atoms. The number of carbonyl (C=O) groups is 1. The molecule has 1 saturated heterocycles.